The van der Waals surface area contributed by atoms with Crippen LogP contribution in [0.5, 0.6) is 0 Å². The van der Waals surface area contributed by atoms with Gasteiger partial charge in [0, 0.05) is 12.1 Å². The maximum absolute atomic E-state index is 10.9. The second-order valence-electron chi connectivity index (χ2n) is 2.55. The molecule has 0 unspecified atom stereocenters. The summed E-state index contributed by atoms with van der Waals surface area (Å²) in [4.78, 5) is 10.9. The van der Waals surface area contributed by atoms with Gasteiger partial charge in [0.05, 0.1) is 0 Å². The van der Waals surface area contributed by atoms with Crippen LogP contribution in [0.1, 0.15) is 19.8 Å². The zero-order valence-corrected chi connectivity index (χ0v) is 6.58. The lowest BCUT2D eigenvalue weighted by Gasteiger charge is -1.92. The standard InChI is InChI=1S/C8H12N2O/c1-2-3-6-9-10-8(11)7-4-5-7/h2-3,6-7H,4-5H2,1H3,(H,10,11). The second-order valence-corrected chi connectivity index (χ2v) is 2.55. The number of nitrogens with zero attached hydrogens (tertiary/aromatic N) is 1. The van der Waals surface area contributed by atoms with Gasteiger partial charge in [0.15, 0.2) is 0 Å². The van der Waals surface area contributed by atoms with E-state index in [1.54, 1.807) is 12.3 Å². The summed E-state index contributed by atoms with van der Waals surface area (Å²) in [7, 11) is 0. The first kappa shape index (κ1) is 7.98. The molecule has 60 valence electrons. The lowest BCUT2D eigenvalue weighted by molar-refractivity contribution is -0.122. The molecule has 1 saturated carbocycles. The van der Waals surface area contributed by atoms with E-state index in [1.165, 1.54) is 0 Å². The normalized spacial score (nSPS) is 17.9. The number of amides is 1. The SMILES string of the molecule is CC=CC=NNC(=O)C1CC1. The third-order valence-corrected chi connectivity index (χ3v) is 1.48. The molecule has 1 N–H and O–H groups in total. The molecule has 1 rings (SSSR count). The Kier molecular flexibility index (Phi) is 2.83. The molecule has 1 aliphatic rings. The Morgan fingerprint density at radius 2 is 2.36 bits per heavy atom. The van der Waals surface area contributed by atoms with Gasteiger partial charge < -0.3 is 0 Å². The molecule has 3 heteroatoms. The van der Waals surface area contributed by atoms with Crippen LogP contribution < -0.4 is 5.43 Å². The number of hydrazone groups is 1. The van der Waals surface area contributed by atoms with Crippen molar-refractivity contribution in [1.82, 2.24) is 5.43 Å². The van der Waals surface area contributed by atoms with Gasteiger partial charge in [-0.15, -0.1) is 0 Å². The average Bonchev–Trinajstić information content (AvgIpc) is 2.79. The summed E-state index contributed by atoms with van der Waals surface area (Å²) in [6.45, 7) is 1.90. The summed E-state index contributed by atoms with van der Waals surface area (Å²) in [5, 5.41) is 3.71. The molecule has 0 radical (unpaired) electrons. The topological polar surface area (TPSA) is 41.5 Å². The van der Waals surface area contributed by atoms with Gasteiger partial charge in [-0.05, 0) is 25.8 Å². The van der Waals surface area contributed by atoms with Crippen LogP contribution in [0.4, 0.5) is 0 Å². The predicted molar refractivity (Wildman–Crippen MR) is 44.2 cm³/mol. The van der Waals surface area contributed by atoms with Crippen LogP contribution in [0.3, 0.4) is 0 Å². The van der Waals surface area contributed by atoms with Crippen molar-refractivity contribution in [3.8, 4) is 0 Å². The fourth-order valence-electron chi connectivity index (χ4n) is 0.667. The first-order valence-corrected chi connectivity index (χ1v) is 3.79. The Bertz CT molecular complexity index is 192. The molecule has 0 aliphatic heterocycles. The Morgan fingerprint density at radius 1 is 1.64 bits per heavy atom. The number of carbonyl (C=O) groups excluding carboxylic acids is 1. The van der Waals surface area contributed by atoms with Crippen molar-refractivity contribution in [2.45, 2.75) is 19.8 Å². The summed E-state index contributed by atoms with van der Waals surface area (Å²) >= 11 is 0. The number of hydrogen-bond donors (Lipinski definition) is 1. The molecule has 0 saturated heterocycles. The Balaban J connectivity index is 2.14. The van der Waals surface area contributed by atoms with Crippen LogP contribution in [-0.2, 0) is 4.79 Å². The number of rotatable bonds is 3. The lowest BCUT2D eigenvalue weighted by Crippen LogP contribution is -2.18. The van der Waals surface area contributed by atoms with E-state index in [4.69, 9.17) is 0 Å². The van der Waals surface area contributed by atoms with E-state index in [0.717, 1.165) is 12.8 Å². The van der Waals surface area contributed by atoms with Crippen LogP contribution in [-0.4, -0.2) is 12.1 Å². The smallest absolute Gasteiger partial charge is 0.243 e. The van der Waals surface area contributed by atoms with E-state index in [0.29, 0.717) is 0 Å². The number of hydrogen-bond acceptors (Lipinski definition) is 2. The van der Waals surface area contributed by atoms with Crippen molar-refractivity contribution in [2.75, 3.05) is 0 Å². The molecule has 1 amide bonds. The van der Waals surface area contributed by atoms with Crippen molar-refractivity contribution < 1.29 is 4.79 Å². The fourth-order valence-corrected chi connectivity index (χ4v) is 0.667. The molecular weight excluding hydrogens is 140 g/mol. The van der Waals surface area contributed by atoms with E-state index in [-0.39, 0.29) is 11.8 Å². The van der Waals surface area contributed by atoms with Crippen LogP contribution in [0.2, 0.25) is 0 Å². The van der Waals surface area contributed by atoms with Crippen LogP contribution in [0.25, 0.3) is 0 Å². The first-order valence-electron chi connectivity index (χ1n) is 3.79. The quantitative estimate of drug-likeness (QED) is 0.477. The third-order valence-electron chi connectivity index (χ3n) is 1.48. The predicted octanol–water partition coefficient (Wildman–Crippen LogP) is 1.07. The summed E-state index contributed by atoms with van der Waals surface area (Å²) in [5.41, 5.74) is 2.46. The van der Waals surface area contributed by atoms with Gasteiger partial charge in [0.1, 0.15) is 0 Å². The first-order chi connectivity index (χ1) is 5.34. The van der Waals surface area contributed by atoms with E-state index >= 15 is 0 Å². The minimum atomic E-state index is 0.0470. The van der Waals surface area contributed by atoms with Crippen molar-refractivity contribution in [3.05, 3.63) is 12.2 Å². The summed E-state index contributed by atoms with van der Waals surface area (Å²) in [6.07, 6.45) is 7.23. The molecule has 0 aromatic carbocycles. The molecule has 0 atom stereocenters. The third kappa shape index (κ3) is 2.98. The number of carbonyl (C=O) groups is 1. The molecule has 0 heterocycles. The average molecular weight is 152 g/mol. The molecule has 0 aromatic rings. The minimum absolute atomic E-state index is 0.0470. The van der Waals surface area contributed by atoms with Crippen LogP contribution in [0, 0.1) is 5.92 Å². The molecule has 3 nitrogen and oxygen atoms in total. The van der Waals surface area contributed by atoms with Crippen molar-refractivity contribution in [3.63, 3.8) is 0 Å². The van der Waals surface area contributed by atoms with Gasteiger partial charge in [0.25, 0.3) is 0 Å². The van der Waals surface area contributed by atoms with Crippen LogP contribution >= 0.6 is 0 Å². The fraction of sp³-hybridized carbons (Fsp3) is 0.500. The minimum Gasteiger partial charge on any atom is -0.273 e. The van der Waals surface area contributed by atoms with Gasteiger partial charge in [-0.2, -0.15) is 5.10 Å². The van der Waals surface area contributed by atoms with Crippen molar-refractivity contribution in [2.24, 2.45) is 11.0 Å². The Labute approximate surface area is 66.2 Å². The van der Waals surface area contributed by atoms with Crippen LogP contribution in [0.15, 0.2) is 17.3 Å². The van der Waals surface area contributed by atoms with Gasteiger partial charge in [-0.3, -0.25) is 4.79 Å². The summed E-state index contributed by atoms with van der Waals surface area (Å²) in [5.74, 6) is 0.281. The molecule has 11 heavy (non-hydrogen) atoms. The van der Waals surface area contributed by atoms with Crippen molar-refractivity contribution in [1.29, 1.82) is 0 Å². The number of nitrogens with one attached hydrogen (secondary N) is 1. The summed E-state index contributed by atoms with van der Waals surface area (Å²) in [6, 6.07) is 0. The zero-order valence-electron chi connectivity index (χ0n) is 6.58. The summed E-state index contributed by atoms with van der Waals surface area (Å²) < 4.78 is 0. The van der Waals surface area contributed by atoms with E-state index < -0.39 is 0 Å². The van der Waals surface area contributed by atoms with Gasteiger partial charge in [-0.1, -0.05) is 6.08 Å². The Hall–Kier alpha value is -1.12. The van der Waals surface area contributed by atoms with Crippen molar-refractivity contribution >= 4 is 12.1 Å². The molecular formula is C8H12N2O. The van der Waals surface area contributed by atoms with E-state index in [2.05, 4.69) is 10.5 Å². The number of allylic oxidation sites excluding steroid dienone is 2. The maximum atomic E-state index is 10.9. The molecule has 1 fully saturated rings. The maximum Gasteiger partial charge on any atom is 0.243 e. The monoisotopic (exact) mass is 152 g/mol. The zero-order chi connectivity index (χ0) is 8.10. The lowest BCUT2D eigenvalue weighted by atomic mass is 10.4. The van der Waals surface area contributed by atoms with Gasteiger partial charge >= 0.3 is 0 Å². The molecule has 0 bridgehead atoms. The van der Waals surface area contributed by atoms with Gasteiger partial charge in [-0.25, -0.2) is 5.43 Å². The van der Waals surface area contributed by atoms with E-state index in [9.17, 15) is 4.79 Å². The highest BCUT2D eigenvalue weighted by atomic mass is 16.2. The molecule has 1 aliphatic carbocycles. The largest absolute Gasteiger partial charge is 0.273 e. The molecule has 0 spiro atoms. The van der Waals surface area contributed by atoms with Gasteiger partial charge in [0.2, 0.25) is 5.91 Å². The Morgan fingerprint density at radius 3 is 2.91 bits per heavy atom. The highest BCUT2D eigenvalue weighted by molar-refractivity contribution is 5.82. The second kappa shape index (κ2) is 3.91. The molecule has 0 aromatic heterocycles. The highest BCUT2D eigenvalue weighted by Gasteiger charge is 2.29. The van der Waals surface area contributed by atoms with E-state index in [1.807, 2.05) is 13.0 Å². The highest BCUT2D eigenvalue weighted by Crippen LogP contribution is 2.28.